The van der Waals surface area contributed by atoms with Crippen LogP contribution >= 0.6 is 0 Å². The van der Waals surface area contributed by atoms with Crippen molar-refractivity contribution in [2.45, 2.75) is 19.7 Å². The summed E-state index contributed by atoms with van der Waals surface area (Å²) in [6.07, 6.45) is -3.42. The Morgan fingerprint density at radius 2 is 1.71 bits per heavy atom. The van der Waals surface area contributed by atoms with E-state index in [-0.39, 0.29) is 5.56 Å². The molecule has 0 aliphatic heterocycles. The summed E-state index contributed by atoms with van der Waals surface area (Å²) in [5.74, 6) is -0.401. The number of hydrogen-bond donors (Lipinski definition) is 0. The van der Waals surface area contributed by atoms with Crippen LogP contribution in [0.3, 0.4) is 0 Å². The molecule has 0 heterocycles. The van der Waals surface area contributed by atoms with Crippen molar-refractivity contribution < 1.29 is 22.7 Å². The minimum absolute atomic E-state index is 0.131. The molecule has 0 bridgehead atoms. The normalized spacial score (nSPS) is 11.2. The predicted molar refractivity (Wildman–Crippen MR) is 73.3 cm³/mol. The van der Waals surface area contributed by atoms with Crippen LogP contribution in [-0.2, 0) is 6.42 Å². The number of aryl methyl sites for hydroxylation is 1. The van der Waals surface area contributed by atoms with Crippen LogP contribution in [0.15, 0.2) is 42.5 Å². The summed E-state index contributed by atoms with van der Waals surface area (Å²) in [6, 6.07) is 11.3. The van der Waals surface area contributed by atoms with Gasteiger partial charge in [-0.15, -0.1) is 13.2 Å². The molecule has 0 unspecified atom stereocenters. The number of rotatable bonds is 4. The molecule has 0 atom stereocenters. The third-order valence-corrected chi connectivity index (χ3v) is 2.99. The Morgan fingerprint density at radius 1 is 1.05 bits per heavy atom. The quantitative estimate of drug-likeness (QED) is 0.769. The lowest BCUT2D eigenvalue weighted by Gasteiger charge is -2.11. The minimum Gasteiger partial charge on any atom is -0.406 e. The van der Waals surface area contributed by atoms with Gasteiger partial charge in [-0.1, -0.05) is 31.2 Å². The van der Waals surface area contributed by atoms with Crippen molar-refractivity contribution >= 4 is 6.29 Å². The summed E-state index contributed by atoms with van der Waals surface area (Å²) in [4.78, 5) is 10.9. The van der Waals surface area contributed by atoms with Crippen molar-refractivity contribution in [1.82, 2.24) is 0 Å². The zero-order valence-electron chi connectivity index (χ0n) is 11.3. The van der Waals surface area contributed by atoms with Crippen LogP contribution in [0.25, 0.3) is 11.1 Å². The summed E-state index contributed by atoms with van der Waals surface area (Å²) in [5, 5.41) is 0. The van der Waals surface area contributed by atoms with Gasteiger partial charge in [-0.25, -0.2) is 0 Å². The summed E-state index contributed by atoms with van der Waals surface area (Å²) < 4.78 is 40.8. The van der Waals surface area contributed by atoms with E-state index >= 15 is 0 Å². The van der Waals surface area contributed by atoms with Gasteiger partial charge < -0.3 is 4.74 Å². The number of halogens is 3. The topological polar surface area (TPSA) is 26.3 Å². The first-order valence-corrected chi connectivity index (χ1v) is 6.36. The van der Waals surface area contributed by atoms with Gasteiger partial charge in [-0.05, 0) is 41.3 Å². The van der Waals surface area contributed by atoms with Crippen LogP contribution in [0.4, 0.5) is 13.2 Å². The van der Waals surface area contributed by atoms with E-state index in [1.165, 1.54) is 12.1 Å². The molecule has 2 nitrogen and oxygen atoms in total. The molecule has 0 amide bonds. The third kappa shape index (κ3) is 4.08. The van der Waals surface area contributed by atoms with E-state index in [1.54, 1.807) is 12.1 Å². The number of ether oxygens (including phenoxy) is 1. The van der Waals surface area contributed by atoms with Crippen LogP contribution in [0, 0.1) is 0 Å². The molecule has 21 heavy (non-hydrogen) atoms. The molecular formula is C16H13F3O2. The highest BCUT2D eigenvalue weighted by Crippen LogP contribution is 2.29. The van der Waals surface area contributed by atoms with E-state index in [0.717, 1.165) is 23.6 Å². The SMILES string of the molecule is CCc1ccc(-c2cc(C=O)cc(OC(F)(F)F)c2)cc1. The summed E-state index contributed by atoms with van der Waals surface area (Å²) in [5.41, 5.74) is 2.48. The molecule has 0 saturated heterocycles. The van der Waals surface area contributed by atoms with Gasteiger partial charge >= 0.3 is 6.36 Å². The lowest BCUT2D eigenvalue weighted by molar-refractivity contribution is -0.274. The fourth-order valence-electron chi connectivity index (χ4n) is 1.98. The summed E-state index contributed by atoms with van der Waals surface area (Å²) in [6.45, 7) is 2.01. The molecule has 110 valence electrons. The van der Waals surface area contributed by atoms with E-state index in [9.17, 15) is 18.0 Å². The van der Waals surface area contributed by atoms with Crippen molar-refractivity contribution in [2.75, 3.05) is 0 Å². The molecule has 2 aromatic rings. The fourth-order valence-corrected chi connectivity index (χ4v) is 1.98. The molecule has 0 aliphatic rings. The van der Waals surface area contributed by atoms with Crippen LogP contribution in [-0.4, -0.2) is 12.6 Å². The first-order chi connectivity index (χ1) is 9.91. The maximum Gasteiger partial charge on any atom is 0.573 e. The van der Waals surface area contributed by atoms with E-state index in [0.29, 0.717) is 11.8 Å². The summed E-state index contributed by atoms with van der Waals surface area (Å²) >= 11 is 0. The van der Waals surface area contributed by atoms with Gasteiger partial charge in [0.2, 0.25) is 0 Å². The van der Waals surface area contributed by atoms with Gasteiger partial charge in [0.25, 0.3) is 0 Å². The fraction of sp³-hybridized carbons (Fsp3) is 0.188. The molecule has 0 aromatic heterocycles. The second-order valence-corrected chi connectivity index (χ2v) is 4.51. The number of benzene rings is 2. The lowest BCUT2D eigenvalue weighted by Crippen LogP contribution is -2.17. The second kappa shape index (κ2) is 5.99. The van der Waals surface area contributed by atoms with Gasteiger partial charge in [-0.3, -0.25) is 4.79 Å². The van der Waals surface area contributed by atoms with Gasteiger partial charge in [0.1, 0.15) is 12.0 Å². The van der Waals surface area contributed by atoms with Gasteiger partial charge in [0.05, 0.1) is 0 Å². The van der Waals surface area contributed by atoms with Gasteiger partial charge in [0.15, 0.2) is 0 Å². The molecule has 0 radical (unpaired) electrons. The predicted octanol–water partition coefficient (Wildman–Crippen LogP) is 4.63. The highest BCUT2D eigenvalue weighted by molar-refractivity contribution is 5.80. The molecular weight excluding hydrogens is 281 g/mol. The number of aldehydes is 1. The zero-order valence-corrected chi connectivity index (χ0v) is 11.3. The molecule has 0 aliphatic carbocycles. The standard InChI is InChI=1S/C16H13F3O2/c1-2-11-3-5-13(6-4-11)14-7-12(10-20)8-15(9-14)21-16(17,18)19/h3-10H,2H2,1H3. The minimum atomic E-state index is -4.79. The Hall–Kier alpha value is -2.30. The lowest BCUT2D eigenvalue weighted by atomic mass is 10.0. The van der Waals surface area contributed by atoms with E-state index in [1.807, 2.05) is 19.1 Å². The monoisotopic (exact) mass is 294 g/mol. The average Bonchev–Trinajstić information content (AvgIpc) is 2.45. The molecule has 0 fully saturated rings. The van der Waals surface area contributed by atoms with Crippen LogP contribution in [0.2, 0.25) is 0 Å². The molecule has 0 N–H and O–H groups in total. The first-order valence-electron chi connectivity index (χ1n) is 6.36. The zero-order chi connectivity index (χ0) is 15.5. The van der Waals surface area contributed by atoms with Crippen molar-refractivity contribution in [3.8, 4) is 16.9 Å². The Balaban J connectivity index is 2.42. The Morgan fingerprint density at radius 3 is 2.24 bits per heavy atom. The van der Waals surface area contributed by atoms with Crippen molar-refractivity contribution in [2.24, 2.45) is 0 Å². The van der Waals surface area contributed by atoms with E-state index in [4.69, 9.17) is 0 Å². The molecule has 2 aromatic carbocycles. The smallest absolute Gasteiger partial charge is 0.406 e. The van der Waals surface area contributed by atoms with E-state index < -0.39 is 12.1 Å². The Labute approximate surface area is 120 Å². The molecule has 0 spiro atoms. The van der Waals surface area contributed by atoms with Gasteiger partial charge in [0, 0.05) is 5.56 Å². The maximum atomic E-state index is 12.3. The molecule has 5 heteroatoms. The Bertz CT molecular complexity index is 631. The van der Waals surface area contributed by atoms with Crippen LogP contribution in [0.1, 0.15) is 22.8 Å². The van der Waals surface area contributed by atoms with Crippen LogP contribution < -0.4 is 4.74 Å². The number of carbonyl (C=O) groups is 1. The number of hydrogen-bond acceptors (Lipinski definition) is 2. The highest BCUT2D eigenvalue weighted by Gasteiger charge is 2.31. The third-order valence-electron chi connectivity index (χ3n) is 2.99. The first kappa shape index (κ1) is 15.1. The highest BCUT2D eigenvalue weighted by atomic mass is 19.4. The average molecular weight is 294 g/mol. The van der Waals surface area contributed by atoms with Crippen molar-refractivity contribution in [1.29, 1.82) is 0 Å². The second-order valence-electron chi connectivity index (χ2n) is 4.51. The van der Waals surface area contributed by atoms with Crippen molar-refractivity contribution in [3.63, 3.8) is 0 Å². The molecule has 2 rings (SSSR count). The number of carbonyl (C=O) groups excluding carboxylic acids is 1. The maximum absolute atomic E-state index is 12.3. The molecule has 0 saturated carbocycles. The van der Waals surface area contributed by atoms with Crippen LogP contribution in [0.5, 0.6) is 5.75 Å². The number of alkyl halides is 3. The summed E-state index contributed by atoms with van der Waals surface area (Å²) in [7, 11) is 0. The largest absolute Gasteiger partial charge is 0.573 e. The Kier molecular flexibility index (Phi) is 4.31. The van der Waals surface area contributed by atoms with Gasteiger partial charge in [-0.2, -0.15) is 0 Å². The van der Waals surface area contributed by atoms with Crippen molar-refractivity contribution in [3.05, 3.63) is 53.6 Å². The van der Waals surface area contributed by atoms with E-state index in [2.05, 4.69) is 4.74 Å².